The van der Waals surface area contributed by atoms with E-state index in [4.69, 9.17) is 4.42 Å². The average Bonchev–Trinajstić information content (AvgIpc) is 3.62. The largest absolute Gasteiger partial charge is 0.456 e. The van der Waals surface area contributed by atoms with E-state index in [2.05, 4.69) is 160 Å². The van der Waals surface area contributed by atoms with Gasteiger partial charge in [-0.05, 0) is 81.1 Å². The van der Waals surface area contributed by atoms with Gasteiger partial charge < -0.3 is 9.32 Å². The second-order valence-electron chi connectivity index (χ2n) is 13.8. The van der Waals surface area contributed by atoms with E-state index in [1.807, 2.05) is 0 Å². The molecule has 3 aliphatic carbocycles. The van der Waals surface area contributed by atoms with Crippen molar-refractivity contribution in [3.05, 3.63) is 155 Å². The van der Waals surface area contributed by atoms with Crippen molar-refractivity contribution in [3.8, 4) is 11.1 Å². The van der Waals surface area contributed by atoms with E-state index in [0.717, 1.165) is 27.6 Å². The lowest BCUT2D eigenvalue weighted by molar-refractivity contribution is 0.385. The van der Waals surface area contributed by atoms with Gasteiger partial charge in [-0.25, -0.2) is 0 Å². The summed E-state index contributed by atoms with van der Waals surface area (Å²) in [4.78, 5) is 2.54. The van der Waals surface area contributed by atoms with Gasteiger partial charge in [0.05, 0.1) is 11.1 Å². The van der Waals surface area contributed by atoms with E-state index in [1.54, 1.807) is 0 Å². The number of fused-ring (bicyclic) bond motifs is 9. The number of hydrogen-bond acceptors (Lipinski definition) is 2. The van der Waals surface area contributed by atoms with E-state index >= 15 is 0 Å². The Bertz CT molecular complexity index is 2210. The Hall–Kier alpha value is -4.82. The molecule has 0 spiro atoms. The SMILES string of the molecule is CC1(C)c2ccccc2-c2ccc(N(C3=CC=CC4C3c3ccccc3C4(C)C)c3cccc4oc5ccccc5c34)cc21. The monoisotopic (exact) mass is 569 g/mol. The molecule has 44 heavy (non-hydrogen) atoms. The predicted molar refractivity (Wildman–Crippen MR) is 183 cm³/mol. The lowest BCUT2D eigenvalue weighted by atomic mass is 9.73. The van der Waals surface area contributed by atoms with Crippen LogP contribution in [0, 0.1) is 5.92 Å². The van der Waals surface area contributed by atoms with Crippen LogP contribution in [0.15, 0.2) is 138 Å². The number of rotatable bonds is 3. The van der Waals surface area contributed by atoms with E-state index in [0.29, 0.717) is 5.92 Å². The van der Waals surface area contributed by atoms with Crippen LogP contribution in [-0.2, 0) is 10.8 Å². The molecule has 0 saturated heterocycles. The van der Waals surface area contributed by atoms with Crippen LogP contribution in [0.25, 0.3) is 33.1 Å². The molecule has 2 unspecified atom stereocenters. The van der Waals surface area contributed by atoms with Crippen molar-refractivity contribution < 1.29 is 4.42 Å². The molecule has 2 atom stereocenters. The van der Waals surface area contributed by atoms with Crippen molar-refractivity contribution in [2.45, 2.75) is 44.4 Å². The minimum atomic E-state index is -0.0900. The molecule has 3 aliphatic rings. The molecule has 0 fully saturated rings. The Labute approximate surface area is 259 Å². The number of nitrogens with zero attached hydrogens (tertiary/aromatic N) is 1. The smallest absolute Gasteiger partial charge is 0.137 e. The maximum atomic E-state index is 6.43. The van der Waals surface area contributed by atoms with Gasteiger partial charge in [0.2, 0.25) is 0 Å². The maximum Gasteiger partial charge on any atom is 0.137 e. The standard InChI is InChI=1S/C42H35NO/c1-41(2)32-17-9-6-14-29(32)39-33(41)18-11-19-35(39)43(36-20-12-22-38-40(36)30-15-7-10-21-37(30)44-38)26-23-24-28-27-13-5-8-16-31(27)42(3,4)34(28)25-26/h5-25,33,39H,1-4H3. The highest BCUT2D eigenvalue weighted by Crippen LogP contribution is 2.58. The van der Waals surface area contributed by atoms with Gasteiger partial charge in [0.1, 0.15) is 11.2 Å². The fraction of sp³-hybridized carbons (Fsp3) is 0.190. The predicted octanol–water partition coefficient (Wildman–Crippen LogP) is 11.2. The Morgan fingerprint density at radius 3 is 2.27 bits per heavy atom. The average molecular weight is 570 g/mol. The fourth-order valence-electron chi connectivity index (χ4n) is 8.63. The van der Waals surface area contributed by atoms with Gasteiger partial charge in [0.15, 0.2) is 0 Å². The van der Waals surface area contributed by atoms with E-state index in [9.17, 15) is 0 Å². The quantitative estimate of drug-likeness (QED) is 0.211. The van der Waals surface area contributed by atoms with Crippen molar-refractivity contribution >= 4 is 33.3 Å². The van der Waals surface area contributed by atoms with Crippen molar-refractivity contribution in [3.63, 3.8) is 0 Å². The minimum absolute atomic E-state index is 0.0266. The Kier molecular flexibility index (Phi) is 5.17. The first kappa shape index (κ1) is 25.7. The lowest BCUT2D eigenvalue weighted by Crippen LogP contribution is -2.31. The summed E-state index contributed by atoms with van der Waals surface area (Å²) in [6.45, 7) is 9.55. The number of anilines is 2. The van der Waals surface area contributed by atoms with Crippen LogP contribution < -0.4 is 4.90 Å². The minimum Gasteiger partial charge on any atom is -0.456 e. The summed E-state index contributed by atoms with van der Waals surface area (Å²) >= 11 is 0. The normalized spacial score (nSPS) is 20.2. The van der Waals surface area contributed by atoms with Gasteiger partial charge in [0, 0.05) is 28.1 Å². The topological polar surface area (TPSA) is 16.4 Å². The van der Waals surface area contributed by atoms with Gasteiger partial charge >= 0.3 is 0 Å². The van der Waals surface area contributed by atoms with Crippen molar-refractivity contribution in [2.75, 3.05) is 4.90 Å². The van der Waals surface area contributed by atoms with Crippen LogP contribution in [0.3, 0.4) is 0 Å². The molecule has 1 heterocycles. The maximum absolute atomic E-state index is 6.43. The second kappa shape index (κ2) is 8.86. The summed E-state index contributed by atoms with van der Waals surface area (Å²) in [5, 5.41) is 2.30. The van der Waals surface area contributed by atoms with Gasteiger partial charge in [-0.15, -0.1) is 0 Å². The zero-order valence-electron chi connectivity index (χ0n) is 25.6. The number of allylic oxidation sites excluding steroid dienone is 4. The zero-order valence-corrected chi connectivity index (χ0v) is 25.6. The van der Waals surface area contributed by atoms with E-state index in [-0.39, 0.29) is 16.7 Å². The number of benzene rings is 5. The van der Waals surface area contributed by atoms with Gasteiger partial charge in [-0.1, -0.05) is 119 Å². The summed E-state index contributed by atoms with van der Waals surface area (Å²) in [6, 6.07) is 40.1. The second-order valence-corrected chi connectivity index (χ2v) is 13.8. The summed E-state index contributed by atoms with van der Waals surface area (Å²) in [6.07, 6.45) is 7.08. The molecule has 2 heteroatoms. The highest BCUT2D eigenvalue weighted by molar-refractivity contribution is 6.12. The van der Waals surface area contributed by atoms with E-state index < -0.39 is 0 Å². The highest BCUT2D eigenvalue weighted by atomic mass is 16.3. The summed E-state index contributed by atoms with van der Waals surface area (Å²) in [7, 11) is 0. The Morgan fingerprint density at radius 2 is 1.39 bits per heavy atom. The molecule has 1 aromatic heterocycles. The van der Waals surface area contributed by atoms with Gasteiger partial charge in [0.25, 0.3) is 0 Å². The van der Waals surface area contributed by atoms with Crippen LogP contribution >= 0.6 is 0 Å². The molecule has 214 valence electrons. The third kappa shape index (κ3) is 3.31. The van der Waals surface area contributed by atoms with Gasteiger partial charge in [-0.3, -0.25) is 0 Å². The fourth-order valence-corrected chi connectivity index (χ4v) is 8.63. The molecule has 0 N–H and O–H groups in total. The van der Waals surface area contributed by atoms with Crippen LogP contribution in [0.4, 0.5) is 11.4 Å². The van der Waals surface area contributed by atoms with Crippen LogP contribution in [0.2, 0.25) is 0 Å². The van der Waals surface area contributed by atoms with Crippen molar-refractivity contribution in [2.24, 2.45) is 5.92 Å². The van der Waals surface area contributed by atoms with Crippen molar-refractivity contribution in [1.29, 1.82) is 0 Å². The molecule has 0 saturated carbocycles. The van der Waals surface area contributed by atoms with E-state index in [1.165, 1.54) is 44.8 Å². The first-order chi connectivity index (χ1) is 21.4. The lowest BCUT2D eigenvalue weighted by Gasteiger charge is -2.38. The molecule has 5 aromatic carbocycles. The van der Waals surface area contributed by atoms with Crippen molar-refractivity contribution in [1.82, 2.24) is 0 Å². The molecule has 0 radical (unpaired) electrons. The summed E-state index contributed by atoms with van der Waals surface area (Å²) < 4.78 is 6.43. The summed E-state index contributed by atoms with van der Waals surface area (Å²) in [5.74, 6) is 0.593. The molecule has 9 rings (SSSR count). The zero-order chi connectivity index (χ0) is 29.8. The molecular formula is C42H35NO. The molecule has 6 aromatic rings. The number of furan rings is 1. The Balaban J connectivity index is 1.33. The molecule has 0 bridgehead atoms. The van der Waals surface area contributed by atoms with Crippen LogP contribution in [-0.4, -0.2) is 0 Å². The molecule has 0 aliphatic heterocycles. The number of hydrogen-bond donors (Lipinski definition) is 0. The third-order valence-corrected chi connectivity index (χ3v) is 10.8. The highest BCUT2D eigenvalue weighted by Gasteiger charge is 2.48. The third-order valence-electron chi connectivity index (χ3n) is 10.8. The molecule has 0 amide bonds. The summed E-state index contributed by atoms with van der Waals surface area (Å²) in [5.41, 5.74) is 13.8. The van der Waals surface area contributed by atoms with Crippen LogP contribution in [0.5, 0.6) is 0 Å². The molecule has 2 nitrogen and oxygen atoms in total. The molecular weight excluding hydrogens is 534 g/mol. The van der Waals surface area contributed by atoms with Crippen LogP contribution in [0.1, 0.15) is 55.9 Å². The first-order valence-electron chi connectivity index (χ1n) is 15.8. The first-order valence-corrected chi connectivity index (χ1v) is 15.8. The Morgan fingerprint density at radius 1 is 0.659 bits per heavy atom. The van der Waals surface area contributed by atoms with Gasteiger partial charge in [-0.2, -0.15) is 0 Å². The number of para-hydroxylation sites is 1.